The van der Waals surface area contributed by atoms with Crippen LogP contribution in [0, 0.1) is 0 Å². The fraction of sp³-hybridized carbons (Fsp3) is 1.00. The molecule has 0 bridgehead atoms. The number of phosphoric ester groups is 1. The van der Waals surface area contributed by atoms with Crippen LogP contribution in [-0.2, 0) is 9.09 Å². The SMILES string of the molecule is NCOP(=O)(O)O.[NaH]. The number of phosphoric acid groups is 1. The topological polar surface area (TPSA) is 92.8 Å². The summed E-state index contributed by atoms with van der Waals surface area (Å²) < 4.78 is 13.3. The van der Waals surface area contributed by atoms with Crippen LogP contribution < -0.4 is 5.73 Å². The van der Waals surface area contributed by atoms with Crippen LogP contribution in [0.5, 0.6) is 0 Å². The van der Waals surface area contributed by atoms with Gasteiger partial charge in [-0.1, -0.05) is 0 Å². The Morgan fingerprint density at radius 2 is 2.00 bits per heavy atom. The summed E-state index contributed by atoms with van der Waals surface area (Å²) in [4.78, 5) is 15.7. The third-order valence-corrected chi connectivity index (χ3v) is 0.728. The first-order valence-electron chi connectivity index (χ1n) is 1.46. The Labute approximate surface area is 68.7 Å². The van der Waals surface area contributed by atoms with Crippen LogP contribution in [0.1, 0.15) is 0 Å². The fourth-order valence-electron chi connectivity index (χ4n) is 0.0971. The summed E-state index contributed by atoms with van der Waals surface area (Å²) in [5.74, 6) is 0. The summed E-state index contributed by atoms with van der Waals surface area (Å²) in [5, 5.41) is 0. The molecule has 0 aromatic heterocycles. The van der Waals surface area contributed by atoms with Crippen molar-refractivity contribution in [2.24, 2.45) is 5.73 Å². The van der Waals surface area contributed by atoms with E-state index in [9.17, 15) is 4.57 Å². The molecule has 0 heterocycles. The van der Waals surface area contributed by atoms with Gasteiger partial charge < -0.3 is 15.5 Å². The molecule has 0 atom stereocenters. The van der Waals surface area contributed by atoms with Crippen LogP contribution >= 0.6 is 7.82 Å². The molecule has 0 spiro atoms. The predicted octanol–water partition coefficient (Wildman–Crippen LogP) is -1.64. The molecule has 0 aliphatic carbocycles. The third-order valence-electron chi connectivity index (χ3n) is 0.243. The Kier molecular flexibility index (Phi) is 7.24. The second-order valence-corrected chi connectivity index (χ2v) is 2.03. The Balaban J connectivity index is 0. The van der Waals surface area contributed by atoms with Gasteiger partial charge in [0.05, 0.1) is 0 Å². The standard InChI is InChI=1S/CH6NO4P.Na.H/c2-1-6-7(3,4)5;;/h1-2H2,(H2,3,4,5);;. The van der Waals surface area contributed by atoms with Crippen molar-refractivity contribution in [1.82, 2.24) is 0 Å². The van der Waals surface area contributed by atoms with Crippen LogP contribution in [0.15, 0.2) is 0 Å². The van der Waals surface area contributed by atoms with E-state index in [0.717, 1.165) is 0 Å². The maximum atomic E-state index is 9.62. The first-order chi connectivity index (χ1) is 3.06. The Morgan fingerprint density at radius 3 is 2.00 bits per heavy atom. The van der Waals surface area contributed by atoms with E-state index in [1.54, 1.807) is 0 Å². The van der Waals surface area contributed by atoms with Crippen LogP contribution in [0.4, 0.5) is 0 Å². The van der Waals surface area contributed by atoms with E-state index in [0.29, 0.717) is 0 Å². The van der Waals surface area contributed by atoms with Crippen molar-refractivity contribution in [3.05, 3.63) is 0 Å². The quantitative estimate of drug-likeness (QED) is 0.250. The molecule has 5 nitrogen and oxygen atoms in total. The molecule has 0 unspecified atom stereocenters. The van der Waals surface area contributed by atoms with E-state index < -0.39 is 14.6 Å². The van der Waals surface area contributed by atoms with E-state index in [4.69, 9.17) is 9.79 Å². The second kappa shape index (κ2) is 4.90. The molecule has 0 aromatic rings. The number of rotatable bonds is 2. The van der Waals surface area contributed by atoms with Crippen molar-refractivity contribution in [2.45, 2.75) is 0 Å². The Bertz CT molecular complexity index is 90.0. The van der Waals surface area contributed by atoms with Crippen molar-refractivity contribution in [2.75, 3.05) is 6.73 Å². The van der Waals surface area contributed by atoms with Crippen LogP contribution in [0.3, 0.4) is 0 Å². The molecule has 0 aliphatic heterocycles. The first-order valence-corrected chi connectivity index (χ1v) is 2.99. The molecule has 0 saturated carbocycles. The van der Waals surface area contributed by atoms with Crippen LogP contribution in [0.2, 0.25) is 0 Å². The van der Waals surface area contributed by atoms with Crippen molar-refractivity contribution in [3.63, 3.8) is 0 Å². The minimum atomic E-state index is -4.29. The molecule has 7 heteroatoms. The number of hydrogen-bond donors (Lipinski definition) is 3. The Morgan fingerprint density at radius 1 is 1.62 bits per heavy atom. The van der Waals surface area contributed by atoms with Crippen molar-refractivity contribution in [1.29, 1.82) is 0 Å². The monoisotopic (exact) mass is 151 g/mol. The summed E-state index contributed by atoms with van der Waals surface area (Å²) in [6.45, 7) is -0.454. The van der Waals surface area contributed by atoms with Gasteiger partial charge >= 0.3 is 37.4 Å². The summed E-state index contributed by atoms with van der Waals surface area (Å²) >= 11 is 0. The van der Waals surface area contributed by atoms with Gasteiger partial charge in [-0.15, -0.1) is 0 Å². The molecule has 0 amide bonds. The zero-order chi connectivity index (χ0) is 5.91. The van der Waals surface area contributed by atoms with E-state index in [-0.39, 0.29) is 29.6 Å². The normalized spacial score (nSPS) is 10.4. The van der Waals surface area contributed by atoms with Crippen molar-refractivity contribution in [3.8, 4) is 0 Å². The van der Waals surface area contributed by atoms with Gasteiger partial charge in [0.25, 0.3) is 0 Å². The van der Waals surface area contributed by atoms with Gasteiger partial charge in [0, 0.05) is 0 Å². The molecule has 0 fully saturated rings. The van der Waals surface area contributed by atoms with Gasteiger partial charge in [-0.05, 0) is 0 Å². The summed E-state index contributed by atoms with van der Waals surface area (Å²) in [6, 6.07) is 0. The molecule has 8 heavy (non-hydrogen) atoms. The van der Waals surface area contributed by atoms with E-state index in [1.807, 2.05) is 0 Å². The number of nitrogens with two attached hydrogens (primary N) is 1. The molecule has 46 valence electrons. The molecular weight excluding hydrogens is 144 g/mol. The van der Waals surface area contributed by atoms with E-state index >= 15 is 0 Å². The van der Waals surface area contributed by atoms with Gasteiger partial charge in [0.1, 0.15) is 6.73 Å². The second-order valence-electron chi connectivity index (χ2n) is 0.786. The third kappa shape index (κ3) is 10.1. The molecule has 0 saturated heterocycles. The molecule has 0 aromatic carbocycles. The average Bonchev–Trinajstić information content (AvgIpc) is 1.30. The van der Waals surface area contributed by atoms with E-state index in [1.165, 1.54) is 0 Å². The van der Waals surface area contributed by atoms with E-state index in [2.05, 4.69) is 10.3 Å². The summed E-state index contributed by atoms with van der Waals surface area (Å²) in [5.41, 5.74) is 4.60. The zero-order valence-electron chi connectivity index (χ0n) is 3.44. The maximum absolute atomic E-state index is 9.62. The first kappa shape index (κ1) is 11.8. The van der Waals surface area contributed by atoms with Gasteiger partial charge in [0.15, 0.2) is 0 Å². The van der Waals surface area contributed by atoms with Crippen molar-refractivity contribution >= 4 is 37.4 Å². The fourth-order valence-corrected chi connectivity index (χ4v) is 0.291. The van der Waals surface area contributed by atoms with Crippen molar-refractivity contribution < 1.29 is 18.9 Å². The predicted molar refractivity (Wildman–Crippen MR) is 29.3 cm³/mol. The number of hydrogen-bond acceptors (Lipinski definition) is 3. The van der Waals surface area contributed by atoms with Gasteiger partial charge in [-0.2, -0.15) is 0 Å². The summed E-state index contributed by atoms with van der Waals surface area (Å²) in [7, 11) is -4.29. The van der Waals surface area contributed by atoms with Crippen LogP contribution in [-0.4, -0.2) is 46.1 Å². The minimum absolute atomic E-state index is 0. The average molecular weight is 151 g/mol. The van der Waals surface area contributed by atoms with Gasteiger partial charge in [-0.3, -0.25) is 4.52 Å². The summed E-state index contributed by atoms with van der Waals surface area (Å²) in [6.07, 6.45) is 0. The molecule has 0 radical (unpaired) electrons. The molecule has 0 aliphatic rings. The molecular formula is CH7NNaO4P. The van der Waals surface area contributed by atoms with Gasteiger partial charge in [0.2, 0.25) is 0 Å². The zero-order valence-corrected chi connectivity index (χ0v) is 4.34. The van der Waals surface area contributed by atoms with Crippen LogP contribution in [0.25, 0.3) is 0 Å². The van der Waals surface area contributed by atoms with Gasteiger partial charge in [-0.25, -0.2) is 4.57 Å². The Hall–Kier alpha value is 1.07. The molecule has 4 N–H and O–H groups in total. The molecule has 0 rings (SSSR count).